The summed E-state index contributed by atoms with van der Waals surface area (Å²) in [4.78, 5) is 11.7. The molecule has 0 fully saturated rings. The van der Waals surface area contributed by atoms with Gasteiger partial charge in [0.25, 0.3) is 0 Å². The summed E-state index contributed by atoms with van der Waals surface area (Å²) in [6.45, 7) is 4.34. The molecule has 0 bridgehead atoms. The van der Waals surface area contributed by atoms with Crippen molar-refractivity contribution >= 4 is 20.2 Å². The number of carbonyl (C=O) groups is 1. The van der Waals surface area contributed by atoms with E-state index in [2.05, 4.69) is 13.8 Å². The molecule has 0 N–H and O–H groups in total. The fraction of sp³-hybridized carbons (Fsp3) is 0.458. The molecule has 0 aliphatic rings. The average Bonchev–Trinajstić information content (AvgIpc) is 2.78. The van der Waals surface area contributed by atoms with Crippen LogP contribution in [0.2, 0.25) is 0 Å². The van der Waals surface area contributed by atoms with E-state index in [0.29, 0.717) is 22.8 Å². The third-order valence-electron chi connectivity index (χ3n) is 5.19. The number of halogens is 1. The van der Waals surface area contributed by atoms with Gasteiger partial charge in [-0.1, -0.05) is 41.3 Å². The second kappa shape index (κ2) is 12.0. The number of hydrogen-bond donors (Lipinski definition) is 0. The van der Waals surface area contributed by atoms with Crippen molar-refractivity contribution in [2.24, 2.45) is 0 Å². The van der Waals surface area contributed by atoms with Crippen LogP contribution in [-0.4, -0.2) is 34.4 Å². The Hall–Kier alpha value is -2.17. The standard InChI is InChI=1S/C24H32FO5P/c1-6-10-24(11-7-2,31-22-9-8-18(25)12-17(22)15-26)20-13-19(28-4)14-21(29-5)23(20)30-16-27-3/h8-9,12-15,31H,6-7,10-11,16H2,1-5H3. The molecule has 0 aromatic heterocycles. The van der Waals surface area contributed by atoms with Gasteiger partial charge in [0.05, 0.1) is 14.2 Å². The molecule has 7 heteroatoms. The third-order valence-corrected chi connectivity index (χ3v) is 7.16. The molecule has 0 radical (unpaired) electrons. The first kappa shape index (κ1) is 25.1. The molecule has 1 unspecified atom stereocenters. The Kier molecular flexibility index (Phi) is 9.73. The summed E-state index contributed by atoms with van der Waals surface area (Å²) in [5.41, 5.74) is 1.33. The summed E-state index contributed by atoms with van der Waals surface area (Å²) >= 11 is 0. The van der Waals surface area contributed by atoms with E-state index in [1.165, 1.54) is 12.1 Å². The SMILES string of the molecule is CCCC(CCC)(Pc1ccc(F)cc1C=O)c1cc(OC)cc(OC)c1OCOC. The maximum atomic E-state index is 13.8. The molecular weight excluding hydrogens is 418 g/mol. The highest BCUT2D eigenvalue weighted by molar-refractivity contribution is 7.48. The van der Waals surface area contributed by atoms with Gasteiger partial charge < -0.3 is 18.9 Å². The molecular formula is C24H32FO5P. The van der Waals surface area contributed by atoms with Crippen molar-refractivity contribution in [3.63, 3.8) is 0 Å². The highest BCUT2D eigenvalue weighted by Gasteiger charge is 2.36. The van der Waals surface area contributed by atoms with E-state index in [0.717, 1.165) is 42.8 Å². The summed E-state index contributed by atoms with van der Waals surface area (Å²) in [7, 11) is 5.00. The smallest absolute Gasteiger partial charge is 0.188 e. The molecule has 170 valence electrons. The van der Waals surface area contributed by atoms with Crippen LogP contribution in [0.5, 0.6) is 17.2 Å². The van der Waals surface area contributed by atoms with Crippen LogP contribution in [-0.2, 0) is 9.89 Å². The second-order valence-corrected chi connectivity index (χ2v) is 9.06. The minimum absolute atomic E-state index is 0.0727. The zero-order chi connectivity index (χ0) is 22.9. The van der Waals surface area contributed by atoms with Crippen LogP contribution >= 0.6 is 8.58 Å². The number of ether oxygens (including phenoxy) is 4. The van der Waals surface area contributed by atoms with Crippen molar-refractivity contribution in [1.29, 1.82) is 0 Å². The summed E-state index contributed by atoms with van der Waals surface area (Å²) in [6.07, 6.45) is 4.29. The van der Waals surface area contributed by atoms with E-state index in [9.17, 15) is 9.18 Å². The van der Waals surface area contributed by atoms with Crippen LogP contribution < -0.4 is 19.5 Å². The van der Waals surface area contributed by atoms with Gasteiger partial charge in [-0.25, -0.2) is 4.39 Å². The Bertz CT molecular complexity index is 865. The minimum Gasteiger partial charge on any atom is -0.497 e. The monoisotopic (exact) mass is 450 g/mol. The summed E-state index contributed by atoms with van der Waals surface area (Å²) < 4.78 is 36.1. The molecule has 0 aliphatic heterocycles. The van der Waals surface area contributed by atoms with Gasteiger partial charge in [0.15, 0.2) is 24.6 Å². The molecule has 5 nitrogen and oxygen atoms in total. The van der Waals surface area contributed by atoms with Crippen LogP contribution in [0.4, 0.5) is 4.39 Å². The van der Waals surface area contributed by atoms with Crippen molar-refractivity contribution in [1.82, 2.24) is 0 Å². The fourth-order valence-electron chi connectivity index (χ4n) is 3.91. The average molecular weight is 450 g/mol. The Morgan fingerprint density at radius 3 is 2.29 bits per heavy atom. The van der Waals surface area contributed by atoms with Gasteiger partial charge in [0.1, 0.15) is 11.6 Å². The Morgan fingerprint density at radius 2 is 1.74 bits per heavy atom. The Morgan fingerprint density at radius 1 is 1.03 bits per heavy atom. The summed E-state index contributed by atoms with van der Waals surface area (Å²) in [5.74, 6) is 1.41. The number of benzene rings is 2. The molecule has 1 atom stereocenters. The molecule has 0 aliphatic carbocycles. The van der Waals surface area contributed by atoms with Gasteiger partial charge in [-0.05, 0) is 36.3 Å². The van der Waals surface area contributed by atoms with E-state index in [-0.39, 0.29) is 20.5 Å². The number of aldehydes is 1. The normalized spacial score (nSPS) is 11.7. The zero-order valence-corrected chi connectivity index (χ0v) is 19.9. The van der Waals surface area contributed by atoms with Crippen molar-refractivity contribution in [3.8, 4) is 17.2 Å². The van der Waals surface area contributed by atoms with Crippen LogP contribution in [0.15, 0.2) is 30.3 Å². The van der Waals surface area contributed by atoms with Crippen LogP contribution in [0.25, 0.3) is 0 Å². The Labute approximate surface area is 186 Å². The first-order chi connectivity index (χ1) is 15.0. The van der Waals surface area contributed by atoms with Gasteiger partial charge >= 0.3 is 0 Å². The molecule has 0 heterocycles. The summed E-state index contributed by atoms with van der Waals surface area (Å²) in [5, 5.41) is 0.488. The minimum atomic E-state index is -0.417. The first-order valence-electron chi connectivity index (χ1n) is 10.4. The fourth-order valence-corrected chi connectivity index (χ4v) is 5.94. The lowest BCUT2D eigenvalue weighted by molar-refractivity contribution is 0.0478. The van der Waals surface area contributed by atoms with E-state index < -0.39 is 5.82 Å². The number of methoxy groups -OCH3 is 3. The molecule has 2 aromatic rings. The molecule has 2 rings (SSSR count). The number of hydrogen-bond acceptors (Lipinski definition) is 5. The van der Waals surface area contributed by atoms with Crippen LogP contribution in [0, 0.1) is 5.82 Å². The van der Waals surface area contributed by atoms with Crippen LogP contribution in [0.1, 0.15) is 55.5 Å². The maximum absolute atomic E-state index is 13.8. The summed E-state index contributed by atoms with van der Waals surface area (Å²) in [6, 6.07) is 8.19. The molecule has 31 heavy (non-hydrogen) atoms. The lowest BCUT2D eigenvalue weighted by Gasteiger charge is -2.36. The van der Waals surface area contributed by atoms with E-state index in [1.54, 1.807) is 33.5 Å². The second-order valence-electron chi connectivity index (χ2n) is 7.31. The van der Waals surface area contributed by atoms with E-state index in [1.807, 2.05) is 6.07 Å². The molecule has 0 saturated heterocycles. The highest BCUT2D eigenvalue weighted by Crippen LogP contribution is 2.54. The van der Waals surface area contributed by atoms with Gasteiger partial charge in [-0.3, -0.25) is 4.79 Å². The van der Waals surface area contributed by atoms with Gasteiger partial charge in [0, 0.05) is 29.5 Å². The predicted octanol–water partition coefficient (Wildman–Crippen LogP) is 5.44. The van der Waals surface area contributed by atoms with Crippen molar-refractivity contribution in [3.05, 3.63) is 47.3 Å². The largest absolute Gasteiger partial charge is 0.497 e. The molecule has 0 spiro atoms. The van der Waals surface area contributed by atoms with Gasteiger partial charge in [-0.15, -0.1) is 0 Å². The van der Waals surface area contributed by atoms with Gasteiger partial charge in [0.2, 0.25) is 0 Å². The lowest BCUT2D eigenvalue weighted by atomic mass is 9.88. The highest BCUT2D eigenvalue weighted by atomic mass is 31.1. The van der Waals surface area contributed by atoms with Crippen molar-refractivity contribution in [2.75, 3.05) is 28.1 Å². The molecule has 2 aromatic carbocycles. The lowest BCUT2D eigenvalue weighted by Crippen LogP contribution is -2.26. The Balaban J connectivity index is 2.76. The first-order valence-corrected chi connectivity index (χ1v) is 11.4. The predicted molar refractivity (Wildman–Crippen MR) is 123 cm³/mol. The van der Waals surface area contributed by atoms with E-state index in [4.69, 9.17) is 18.9 Å². The van der Waals surface area contributed by atoms with Gasteiger partial charge in [-0.2, -0.15) is 0 Å². The van der Waals surface area contributed by atoms with Crippen molar-refractivity contribution < 1.29 is 28.1 Å². The maximum Gasteiger partial charge on any atom is 0.188 e. The number of rotatable bonds is 13. The van der Waals surface area contributed by atoms with Crippen LogP contribution in [0.3, 0.4) is 0 Å². The molecule has 0 saturated carbocycles. The quantitative estimate of drug-likeness (QED) is 0.231. The third kappa shape index (κ3) is 5.96. The topological polar surface area (TPSA) is 54.0 Å². The van der Waals surface area contributed by atoms with Crippen molar-refractivity contribution in [2.45, 2.75) is 44.7 Å². The molecule has 0 amide bonds. The zero-order valence-electron chi connectivity index (χ0n) is 18.9. The number of carbonyl (C=O) groups excluding carboxylic acids is 1. The van der Waals surface area contributed by atoms with E-state index >= 15 is 0 Å².